The van der Waals surface area contributed by atoms with Crippen LogP contribution in [0.15, 0.2) is 36.4 Å². The molecule has 5 heteroatoms. The minimum absolute atomic E-state index is 0.117. The molecule has 0 spiro atoms. The van der Waals surface area contributed by atoms with Crippen LogP contribution in [0, 0.1) is 5.82 Å². The molecule has 2 aromatic carbocycles. The minimum Gasteiger partial charge on any atom is -0.486 e. The summed E-state index contributed by atoms with van der Waals surface area (Å²) in [6.45, 7) is 0.914. The van der Waals surface area contributed by atoms with Gasteiger partial charge in [-0.3, -0.25) is 0 Å². The van der Waals surface area contributed by atoms with Gasteiger partial charge in [0.15, 0.2) is 11.5 Å². The molecule has 0 amide bonds. The zero-order valence-corrected chi connectivity index (χ0v) is 11.9. The molecular weight excluding hydrogens is 295 g/mol. The van der Waals surface area contributed by atoms with Gasteiger partial charge in [-0.1, -0.05) is 23.7 Å². The Kier molecular flexibility index (Phi) is 3.99. The number of aliphatic hydroxyl groups is 1. The normalized spacial score (nSPS) is 14.8. The molecule has 0 saturated carbocycles. The number of ether oxygens (including phenoxy) is 2. The lowest BCUT2D eigenvalue weighted by Gasteiger charge is -2.23. The van der Waals surface area contributed by atoms with Gasteiger partial charge in [-0.05, 0) is 29.8 Å². The van der Waals surface area contributed by atoms with Gasteiger partial charge in [-0.25, -0.2) is 4.39 Å². The zero-order chi connectivity index (χ0) is 14.8. The molecule has 1 unspecified atom stereocenters. The average Bonchev–Trinajstić information content (AvgIpc) is 2.50. The molecule has 0 bridgehead atoms. The highest BCUT2D eigenvalue weighted by molar-refractivity contribution is 6.30. The summed E-state index contributed by atoms with van der Waals surface area (Å²) in [4.78, 5) is 0. The predicted octanol–water partition coefficient (Wildman–Crippen LogP) is 3.53. The van der Waals surface area contributed by atoms with Crippen LogP contribution in [0.5, 0.6) is 11.5 Å². The van der Waals surface area contributed by atoms with Crippen LogP contribution < -0.4 is 9.47 Å². The maximum absolute atomic E-state index is 13.8. The molecule has 1 N–H and O–H groups in total. The van der Waals surface area contributed by atoms with Crippen LogP contribution in [-0.2, 0) is 6.42 Å². The first-order valence-corrected chi connectivity index (χ1v) is 7.03. The van der Waals surface area contributed by atoms with Crippen LogP contribution in [0.4, 0.5) is 4.39 Å². The maximum atomic E-state index is 13.8. The summed E-state index contributed by atoms with van der Waals surface area (Å²) in [7, 11) is 0. The number of fused-ring (bicyclic) bond motifs is 1. The van der Waals surface area contributed by atoms with Crippen LogP contribution >= 0.6 is 11.6 Å². The van der Waals surface area contributed by atoms with E-state index in [9.17, 15) is 9.50 Å². The van der Waals surface area contributed by atoms with Crippen LogP contribution in [-0.4, -0.2) is 18.3 Å². The van der Waals surface area contributed by atoms with E-state index >= 15 is 0 Å². The van der Waals surface area contributed by atoms with Crippen molar-refractivity contribution in [2.24, 2.45) is 0 Å². The summed E-state index contributed by atoms with van der Waals surface area (Å²) in [6.07, 6.45) is -0.777. The molecule has 0 saturated heterocycles. The van der Waals surface area contributed by atoms with E-state index in [0.717, 1.165) is 0 Å². The second-order valence-electron chi connectivity index (χ2n) is 4.83. The van der Waals surface area contributed by atoms with Crippen LogP contribution in [0.2, 0.25) is 5.02 Å². The van der Waals surface area contributed by atoms with Crippen molar-refractivity contribution in [3.63, 3.8) is 0 Å². The Morgan fingerprint density at radius 1 is 1.19 bits per heavy atom. The Morgan fingerprint density at radius 3 is 2.86 bits per heavy atom. The van der Waals surface area contributed by atoms with Crippen molar-refractivity contribution in [3.8, 4) is 11.5 Å². The van der Waals surface area contributed by atoms with Gasteiger partial charge in [0.05, 0.1) is 6.10 Å². The van der Waals surface area contributed by atoms with E-state index in [2.05, 4.69) is 0 Å². The summed E-state index contributed by atoms with van der Waals surface area (Å²) in [5.41, 5.74) is 0.955. The van der Waals surface area contributed by atoms with Gasteiger partial charge < -0.3 is 14.6 Å². The van der Waals surface area contributed by atoms with E-state index in [4.69, 9.17) is 21.1 Å². The molecule has 2 aromatic rings. The summed E-state index contributed by atoms with van der Waals surface area (Å²) in [6, 6.07) is 9.61. The van der Waals surface area contributed by atoms with E-state index < -0.39 is 6.10 Å². The summed E-state index contributed by atoms with van der Waals surface area (Å²) in [5, 5.41) is 10.8. The fraction of sp³-hybridized carbons (Fsp3) is 0.250. The number of para-hydroxylation sites is 1. The first-order chi connectivity index (χ1) is 10.1. The van der Waals surface area contributed by atoms with Crippen molar-refractivity contribution in [1.29, 1.82) is 0 Å². The SMILES string of the molecule is OC(Cc1cc(Cl)ccc1F)c1cccc2c1OCCO2. The third kappa shape index (κ3) is 2.96. The summed E-state index contributed by atoms with van der Waals surface area (Å²) >= 11 is 5.87. The van der Waals surface area contributed by atoms with Crippen LogP contribution in [0.1, 0.15) is 17.2 Å². The highest BCUT2D eigenvalue weighted by atomic mass is 35.5. The van der Waals surface area contributed by atoms with Gasteiger partial charge in [0.25, 0.3) is 0 Å². The molecule has 1 heterocycles. The Balaban J connectivity index is 1.89. The van der Waals surface area contributed by atoms with Gasteiger partial charge in [0.2, 0.25) is 0 Å². The quantitative estimate of drug-likeness (QED) is 0.943. The number of aliphatic hydroxyl groups excluding tert-OH is 1. The monoisotopic (exact) mass is 308 g/mol. The Bertz CT molecular complexity index is 660. The van der Waals surface area contributed by atoms with Gasteiger partial charge in [0, 0.05) is 17.0 Å². The Labute approximate surface area is 126 Å². The fourth-order valence-corrected chi connectivity index (χ4v) is 2.57. The van der Waals surface area contributed by atoms with Gasteiger partial charge in [-0.2, -0.15) is 0 Å². The second-order valence-corrected chi connectivity index (χ2v) is 5.26. The van der Waals surface area contributed by atoms with Crippen LogP contribution in [0.3, 0.4) is 0 Å². The van der Waals surface area contributed by atoms with E-state index in [-0.39, 0.29) is 12.2 Å². The second kappa shape index (κ2) is 5.92. The van der Waals surface area contributed by atoms with Crippen molar-refractivity contribution in [2.45, 2.75) is 12.5 Å². The smallest absolute Gasteiger partial charge is 0.167 e. The van der Waals surface area contributed by atoms with Gasteiger partial charge in [-0.15, -0.1) is 0 Å². The van der Waals surface area contributed by atoms with Crippen LogP contribution in [0.25, 0.3) is 0 Å². The van der Waals surface area contributed by atoms with E-state index in [1.807, 2.05) is 0 Å². The molecule has 3 nitrogen and oxygen atoms in total. The number of rotatable bonds is 3. The topological polar surface area (TPSA) is 38.7 Å². The molecule has 3 rings (SSSR count). The highest BCUT2D eigenvalue weighted by Gasteiger charge is 2.21. The third-order valence-electron chi connectivity index (χ3n) is 3.38. The lowest BCUT2D eigenvalue weighted by molar-refractivity contribution is 0.145. The molecule has 0 fully saturated rings. The molecule has 1 atom stereocenters. The summed E-state index contributed by atoms with van der Waals surface area (Å²) < 4.78 is 24.8. The lowest BCUT2D eigenvalue weighted by Crippen LogP contribution is -2.17. The molecule has 1 aliphatic rings. The van der Waals surface area contributed by atoms with Gasteiger partial charge in [0.1, 0.15) is 19.0 Å². The van der Waals surface area contributed by atoms with Gasteiger partial charge >= 0.3 is 0 Å². The Hall–Kier alpha value is -1.78. The number of halogens is 2. The maximum Gasteiger partial charge on any atom is 0.167 e. The fourth-order valence-electron chi connectivity index (χ4n) is 2.38. The Morgan fingerprint density at radius 2 is 2.00 bits per heavy atom. The molecule has 0 aliphatic carbocycles. The third-order valence-corrected chi connectivity index (χ3v) is 3.61. The molecular formula is C16H14ClFO3. The first-order valence-electron chi connectivity index (χ1n) is 6.65. The van der Waals surface area contributed by atoms with Crippen molar-refractivity contribution < 1.29 is 19.0 Å². The minimum atomic E-state index is -0.894. The molecule has 21 heavy (non-hydrogen) atoms. The van der Waals surface area contributed by atoms with Crippen molar-refractivity contribution in [1.82, 2.24) is 0 Å². The summed E-state index contributed by atoms with van der Waals surface area (Å²) in [5.74, 6) is 0.739. The van der Waals surface area contributed by atoms with Crippen molar-refractivity contribution >= 4 is 11.6 Å². The van der Waals surface area contributed by atoms with Crippen molar-refractivity contribution in [3.05, 3.63) is 58.4 Å². The highest BCUT2D eigenvalue weighted by Crippen LogP contribution is 2.38. The standard InChI is InChI=1S/C16H14ClFO3/c17-11-4-5-13(18)10(8-11)9-14(19)12-2-1-3-15-16(12)21-7-6-20-15/h1-5,8,14,19H,6-7,9H2. The average molecular weight is 309 g/mol. The van der Waals surface area contributed by atoms with Crippen molar-refractivity contribution in [2.75, 3.05) is 13.2 Å². The molecule has 1 aliphatic heterocycles. The van der Waals surface area contributed by atoms with E-state index in [1.165, 1.54) is 18.2 Å². The number of hydrogen-bond donors (Lipinski definition) is 1. The predicted molar refractivity (Wildman–Crippen MR) is 77.5 cm³/mol. The van der Waals surface area contributed by atoms with E-state index in [0.29, 0.717) is 40.9 Å². The molecule has 0 radical (unpaired) electrons. The largest absolute Gasteiger partial charge is 0.486 e. The number of hydrogen-bond acceptors (Lipinski definition) is 3. The molecule has 0 aromatic heterocycles. The lowest BCUT2D eigenvalue weighted by atomic mass is 9.99. The zero-order valence-electron chi connectivity index (χ0n) is 11.2. The molecule has 110 valence electrons. The first kappa shape index (κ1) is 14.2. The number of benzene rings is 2. The van der Waals surface area contributed by atoms with E-state index in [1.54, 1.807) is 18.2 Å².